The molecule has 0 saturated carbocycles. The van der Waals surface area contributed by atoms with Crippen LogP contribution in [0.1, 0.15) is 0 Å². The summed E-state index contributed by atoms with van der Waals surface area (Å²) in [6.45, 7) is 0.364. The molecule has 9 heteroatoms. The van der Waals surface area contributed by atoms with Crippen LogP contribution >= 0.6 is 0 Å². The van der Waals surface area contributed by atoms with Crippen LogP contribution in [0.5, 0.6) is 0 Å². The van der Waals surface area contributed by atoms with Gasteiger partial charge in [-0.3, -0.25) is 10.6 Å². The molecule has 112 valence electrons. The SMILES string of the molecule is COCCNC(=O)CNS(=O)(=O)c1ccc(NN)cc1. The highest BCUT2D eigenvalue weighted by Crippen LogP contribution is 2.12. The first-order valence-electron chi connectivity index (χ1n) is 5.81. The summed E-state index contributed by atoms with van der Waals surface area (Å²) in [5.41, 5.74) is 2.98. The Morgan fingerprint density at radius 3 is 2.50 bits per heavy atom. The maximum absolute atomic E-state index is 11.9. The molecule has 0 heterocycles. The van der Waals surface area contributed by atoms with Crippen LogP contribution in [-0.4, -0.2) is 41.1 Å². The summed E-state index contributed by atoms with van der Waals surface area (Å²) < 4.78 is 30.8. The van der Waals surface area contributed by atoms with Gasteiger partial charge in [-0.1, -0.05) is 0 Å². The van der Waals surface area contributed by atoms with Gasteiger partial charge >= 0.3 is 0 Å². The number of rotatable bonds is 8. The minimum absolute atomic E-state index is 0.0567. The molecule has 0 aliphatic rings. The van der Waals surface area contributed by atoms with E-state index < -0.39 is 15.9 Å². The maximum atomic E-state index is 11.9. The fraction of sp³-hybridized carbons (Fsp3) is 0.364. The minimum Gasteiger partial charge on any atom is -0.383 e. The number of carbonyl (C=O) groups is 1. The van der Waals surface area contributed by atoms with E-state index in [9.17, 15) is 13.2 Å². The molecule has 0 aliphatic heterocycles. The zero-order valence-corrected chi connectivity index (χ0v) is 11.9. The molecule has 8 nitrogen and oxygen atoms in total. The molecule has 0 aliphatic carbocycles. The van der Waals surface area contributed by atoms with Crippen LogP contribution in [0.2, 0.25) is 0 Å². The van der Waals surface area contributed by atoms with Gasteiger partial charge in [-0.2, -0.15) is 0 Å². The third kappa shape index (κ3) is 5.13. The van der Waals surface area contributed by atoms with Crippen LogP contribution in [0, 0.1) is 0 Å². The van der Waals surface area contributed by atoms with E-state index in [0.717, 1.165) is 0 Å². The van der Waals surface area contributed by atoms with E-state index in [2.05, 4.69) is 15.5 Å². The molecule has 0 saturated heterocycles. The van der Waals surface area contributed by atoms with Crippen molar-refractivity contribution in [1.82, 2.24) is 10.0 Å². The summed E-state index contributed by atoms with van der Waals surface area (Å²) in [7, 11) is -2.21. The molecule has 1 aromatic rings. The minimum atomic E-state index is -3.72. The second-order valence-corrected chi connectivity index (χ2v) is 5.60. The van der Waals surface area contributed by atoms with Crippen molar-refractivity contribution < 1.29 is 17.9 Å². The molecule has 0 atom stereocenters. The number of ether oxygens (including phenoxy) is 1. The molecule has 0 bridgehead atoms. The first-order chi connectivity index (χ1) is 9.49. The molecular weight excluding hydrogens is 284 g/mol. The Morgan fingerprint density at radius 2 is 1.95 bits per heavy atom. The molecule has 1 rings (SSSR count). The Labute approximate surface area is 117 Å². The topological polar surface area (TPSA) is 123 Å². The van der Waals surface area contributed by atoms with E-state index >= 15 is 0 Å². The zero-order valence-electron chi connectivity index (χ0n) is 11.0. The summed E-state index contributed by atoms with van der Waals surface area (Å²) in [4.78, 5) is 11.4. The lowest BCUT2D eigenvalue weighted by molar-refractivity contribution is -0.120. The number of amides is 1. The summed E-state index contributed by atoms with van der Waals surface area (Å²) in [5.74, 6) is 4.76. The third-order valence-electron chi connectivity index (χ3n) is 2.38. The zero-order chi connectivity index (χ0) is 15.0. The Bertz CT molecular complexity index is 530. The highest BCUT2D eigenvalue weighted by molar-refractivity contribution is 7.89. The first kappa shape index (κ1) is 16.4. The largest absolute Gasteiger partial charge is 0.383 e. The number of benzene rings is 1. The van der Waals surface area contributed by atoms with Crippen molar-refractivity contribution in [3.63, 3.8) is 0 Å². The summed E-state index contributed by atoms with van der Waals surface area (Å²) in [5, 5.41) is 2.51. The number of anilines is 1. The van der Waals surface area contributed by atoms with Crippen molar-refractivity contribution in [2.75, 3.05) is 32.2 Å². The number of methoxy groups -OCH3 is 1. The van der Waals surface area contributed by atoms with Crippen LogP contribution in [0.15, 0.2) is 29.2 Å². The molecular formula is C11H18N4O4S. The average Bonchev–Trinajstić information content (AvgIpc) is 2.45. The first-order valence-corrected chi connectivity index (χ1v) is 7.30. The van der Waals surface area contributed by atoms with E-state index in [1.165, 1.54) is 31.4 Å². The number of nitrogen functional groups attached to an aromatic ring is 1. The van der Waals surface area contributed by atoms with Gasteiger partial charge in [0.2, 0.25) is 15.9 Å². The van der Waals surface area contributed by atoms with Gasteiger partial charge in [-0.15, -0.1) is 0 Å². The lowest BCUT2D eigenvalue weighted by atomic mass is 10.3. The van der Waals surface area contributed by atoms with Gasteiger partial charge in [0, 0.05) is 19.3 Å². The van der Waals surface area contributed by atoms with E-state index in [1.54, 1.807) is 0 Å². The highest BCUT2D eigenvalue weighted by Gasteiger charge is 2.15. The Kier molecular flexibility index (Phi) is 6.39. The number of nitrogens with one attached hydrogen (secondary N) is 3. The summed E-state index contributed by atoms with van der Waals surface area (Å²) in [6, 6.07) is 5.82. The summed E-state index contributed by atoms with van der Waals surface area (Å²) in [6.07, 6.45) is 0. The molecule has 0 fully saturated rings. The van der Waals surface area contributed by atoms with Crippen LogP contribution < -0.4 is 21.3 Å². The normalized spacial score (nSPS) is 11.1. The predicted octanol–water partition coefficient (Wildman–Crippen LogP) is -0.987. The standard InChI is InChI=1S/C11H18N4O4S/c1-19-7-6-13-11(16)8-14-20(17,18)10-4-2-9(15-12)3-5-10/h2-5,14-15H,6-8,12H2,1H3,(H,13,16). The predicted molar refractivity (Wildman–Crippen MR) is 74.3 cm³/mol. The van der Waals surface area contributed by atoms with Crippen LogP contribution in [-0.2, 0) is 19.6 Å². The molecule has 0 unspecified atom stereocenters. The number of hydrazine groups is 1. The number of hydrogen-bond donors (Lipinski definition) is 4. The van der Waals surface area contributed by atoms with Crippen molar-refractivity contribution in [2.45, 2.75) is 4.90 Å². The number of nitrogens with two attached hydrogens (primary N) is 1. The molecule has 1 amide bonds. The number of sulfonamides is 1. The molecule has 0 radical (unpaired) electrons. The number of carbonyl (C=O) groups excluding carboxylic acids is 1. The fourth-order valence-electron chi connectivity index (χ4n) is 1.33. The van der Waals surface area contributed by atoms with E-state index in [1.807, 2.05) is 0 Å². The molecule has 1 aromatic carbocycles. The molecule has 5 N–H and O–H groups in total. The van der Waals surface area contributed by atoms with Crippen LogP contribution in [0.25, 0.3) is 0 Å². The van der Waals surface area contributed by atoms with Gasteiger partial charge in [-0.25, -0.2) is 13.1 Å². The lowest BCUT2D eigenvalue weighted by Gasteiger charge is -2.08. The summed E-state index contributed by atoms with van der Waals surface area (Å²) >= 11 is 0. The highest BCUT2D eigenvalue weighted by atomic mass is 32.2. The Balaban J connectivity index is 2.54. The van der Waals surface area contributed by atoms with E-state index in [4.69, 9.17) is 10.6 Å². The molecule has 20 heavy (non-hydrogen) atoms. The van der Waals surface area contributed by atoms with Crippen molar-refractivity contribution >= 4 is 21.6 Å². The quantitative estimate of drug-likeness (QED) is 0.278. The van der Waals surface area contributed by atoms with Gasteiger partial charge in [-0.05, 0) is 24.3 Å². The van der Waals surface area contributed by atoms with Gasteiger partial charge in [0.05, 0.1) is 18.0 Å². The average molecular weight is 302 g/mol. The molecule has 0 aromatic heterocycles. The van der Waals surface area contributed by atoms with E-state index in [0.29, 0.717) is 18.8 Å². The second-order valence-electron chi connectivity index (χ2n) is 3.84. The van der Waals surface area contributed by atoms with E-state index in [-0.39, 0.29) is 11.4 Å². The Hall–Kier alpha value is -1.68. The van der Waals surface area contributed by atoms with Crippen LogP contribution in [0.4, 0.5) is 5.69 Å². The van der Waals surface area contributed by atoms with Crippen molar-refractivity contribution in [3.8, 4) is 0 Å². The van der Waals surface area contributed by atoms with Crippen molar-refractivity contribution in [3.05, 3.63) is 24.3 Å². The van der Waals surface area contributed by atoms with Crippen LogP contribution in [0.3, 0.4) is 0 Å². The van der Waals surface area contributed by atoms with Gasteiger partial charge in [0.15, 0.2) is 0 Å². The Morgan fingerprint density at radius 1 is 1.30 bits per heavy atom. The second kappa shape index (κ2) is 7.80. The lowest BCUT2D eigenvalue weighted by Crippen LogP contribution is -2.38. The monoisotopic (exact) mass is 302 g/mol. The fourth-order valence-corrected chi connectivity index (χ4v) is 2.31. The molecule has 0 spiro atoms. The van der Waals surface area contributed by atoms with Gasteiger partial charge in [0.25, 0.3) is 0 Å². The van der Waals surface area contributed by atoms with Crippen molar-refractivity contribution in [1.29, 1.82) is 0 Å². The maximum Gasteiger partial charge on any atom is 0.241 e. The smallest absolute Gasteiger partial charge is 0.241 e. The van der Waals surface area contributed by atoms with Crippen molar-refractivity contribution in [2.24, 2.45) is 5.84 Å². The van der Waals surface area contributed by atoms with Gasteiger partial charge in [0.1, 0.15) is 0 Å². The third-order valence-corrected chi connectivity index (χ3v) is 3.80. The number of hydrogen-bond acceptors (Lipinski definition) is 6. The van der Waals surface area contributed by atoms with Gasteiger partial charge < -0.3 is 15.5 Å².